The van der Waals surface area contributed by atoms with Gasteiger partial charge >= 0.3 is 5.97 Å². The third-order valence-electron chi connectivity index (χ3n) is 1.35. The van der Waals surface area contributed by atoms with E-state index < -0.39 is 10.8 Å². The summed E-state index contributed by atoms with van der Waals surface area (Å²) >= 11 is 3.16. The van der Waals surface area contributed by atoms with Crippen molar-refractivity contribution < 1.29 is 13.7 Å². The van der Waals surface area contributed by atoms with Crippen LogP contribution >= 0.6 is 15.9 Å². The first kappa shape index (κ1) is 13.1. The Morgan fingerprint density at radius 1 is 1.69 bits per heavy atom. The molecule has 0 spiro atoms. The van der Waals surface area contributed by atoms with Crippen molar-refractivity contribution in [2.45, 2.75) is 4.83 Å². The molecule has 6 heteroatoms. The molecule has 0 amide bonds. The fourth-order valence-electron chi connectivity index (χ4n) is 0.656. The van der Waals surface area contributed by atoms with Crippen molar-refractivity contribution in [3.8, 4) is 0 Å². The molecule has 4 nitrogen and oxygen atoms in total. The van der Waals surface area contributed by atoms with Gasteiger partial charge in [0.05, 0.1) is 7.11 Å². The highest BCUT2D eigenvalue weighted by Gasteiger charge is 2.13. The van der Waals surface area contributed by atoms with Crippen LogP contribution in [0.3, 0.4) is 0 Å². The topological polar surface area (TPSA) is 55.4 Å². The van der Waals surface area contributed by atoms with Crippen molar-refractivity contribution in [1.29, 1.82) is 0 Å². The minimum atomic E-state index is -0.787. The quantitative estimate of drug-likeness (QED) is 0.416. The summed E-state index contributed by atoms with van der Waals surface area (Å²) in [7, 11) is 0.558. The fraction of sp³-hybridized carbons (Fsp3) is 0.857. The van der Waals surface area contributed by atoms with E-state index in [1.54, 1.807) is 6.26 Å². The molecule has 0 aliphatic carbocycles. The van der Waals surface area contributed by atoms with Crippen LogP contribution in [-0.2, 0) is 20.3 Å². The van der Waals surface area contributed by atoms with Crippen LogP contribution in [-0.4, -0.2) is 47.2 Å². The van der Waals surface area contributed by atoms with Crippen LogP contribution in [0.4, 0.5) is 0 Å². The van der Waals surface area contributed by atoms with E-state index in [1.165, 1.54) is 7.11 Å². The number of halogens is 1. The zero-order chi connectivity index (χ0) is 10.3. The zero-order valence-electron chi connectivity index (χ0n) is 7.71. The molecule has 2 unspecified atom stereocenters. The van der Waals surface area contributed by atoms with Gasteiger partial charge in [-0.1, -0.05) is 15.9 Å². The van der Waals surface area contributed by atoms with Crippen LogP contribution in [0.1, 0.15) is 0 Å². The van der Waals surface area contributed by atoms with Gasteiger partial charge in [0.15, 0.2) is 0 Å². The van der Waals surface area contributed by atoms with Crippen molar-refractivity contribution in [2.24, 2.45) is 0 Å². The first-order valence-corrected chi connectivity index (χ1v) is 6.45. The molecule has 0 aliphatic heterocycles. The van der Waals surface area contributed by atoms with Crippen molar-refractivity contribution in [3.05, 3.63) is 0 Å². The molecule has 0 fully saturated rings. The van der Waals surface area contributed by atoms with Crippen LogP contribution < -0.4 is 5.32 Å². The molecule has 0 aromatic rings. The minimum absolute atomic E-state index is 0.301. The largest absolute Gasteiger partial charge is 0.468 e. The summed E-state index contributed by atoms with van der Waals surface area (Å²) in [5.74, 6) is 0.297. The molecule has 2 atom stereocenters. The van der Waals surface area contributed by atoms with Crippen LogP contribution in [0.15, 0.2) is 0 Å². The van der Waals surface area contributed by atoms with Gasteiger partial charge in [0.1, 0.15) is 4.83 Å². The van der Waals surface area contributed by atoms with Crippen LogP contribution in [0.5, 0.6) is 0 Å². The second-order valence-electron chi connectivity index (χ2n) is 2.47. The number of hydrogen-bond donors (Lipinski definition) is 1. The number of methoxy groups -OCH3 is 1. The second-order valence-corrected chi connectivity index (χ2v) is 5.13. The van der Waals surface area contributed by atoms with E-state index in [0.717, 1.165) is 0 Å². The third kappa shape index (κ3) is 7.16. The molecule has 0 saturated heterocycles. The first-order chi connectivity index (χ1) is 6.07. The van der Waals surface area contributed by atoms with Gasteiger partial charge in [-0.15, -0.1) is 0 Å². The Bertz CT molecular complexity index is 189. The third-order valence-corrected chi connectivity index (χ3v) is 2.82. The van der Waals surface area contributed by atoms with Crippen molar-refractivity contribution in [2.75, 3.05) is 32.2 Å². The standard InChI is InChI=1S/C7H14BrNO3S/c1-12-7(10)6(8)5-9-3-4-13(2)11/h6,9H,3-5H2,1-2H3. The maximum atomic E-state index is 10.9. The number of ether oxygens (including phenoxy) is 1. The van der Waals surface area contributed by atoms with E-state index in [9.17, 15) is 9.00 Å². The van der Waals surface area contributed by atoms with Gasteiger partial charge in [-0.05, 0) is 0 Å². The fourth-order valence-corrected chi connectivity index (χ4v) is 1.50. The van der Waals surface area contributed by atoms with E-state index in [2.05, 4.69) is 26.0 Å². The van der Waals surface area contributed by atoms with Crippen molar-refractivity contribution in [1.82, 2.24) is 5.32 Å². The van der Waals surface area contributed by atoms with Crippen LogP contribution in [0.2, 0.25) is 0 Å². The van der Waals surface area contributed by atoms with Gasteiger partial charge in [0, 0.05) is 35.9 Å². The molecular weight excluding hydrogens is 258 g/mol. The van der Waals surface area contributed by atoms with Crippen molar-refractivity contribution in [3.63, 3.8) is 0 Å². The summed E-state index contributed by atoms with van der Waals surface area (Å²) in [5.41, 5.74) is 0. The predicted molar refractivity (Wildman–Crippen MR) is 56.5 cm³/mol. The van der Waals surface area contributed by atoms with Gasteiger partial charge in [-0.25, -0.2) is 0 Å². The summed E-state index contributed by atoms with van der Waals surface area (Å²) < 4.78 is 15.2. The lowest BCUT2D eigenvalue weighted by molar-refractivity contribution is -0.139. The average molecular weight is 272 g/mol. The van der Waals surface area contributed by atoms with Gasteiger partial charge < -0.3 is 10.1 Å². The Kier molecular flexibility index (Phi) is 7.50. The molecule has 0 heterocycles. The minimum Gasteiger partial charge on any atom is -0.468 e. The SMILES string of the molecule is COC(=O)C(Br)CNCCS(C)=O. The van der Waals surface area contributed by atoms with Crippen LogP contribution in [0.25, 0.3) is 0 Å². The highest BCUT2D eigenvalue weighted by atomic mass is 79.9. The molecule has 0 saturated carbocycles. The Balaban J connectivity index is 3.42. The molecule has 0 aromatic carbocycles. The summed E-state index contributed by atoms with van der Waals surface area (Å²) in [4.78, 5) is 10.5. The van der Waals surface area contributed by atoms with E-state index >= 15 is 0 Å². The lowest BCUT2D eigenvalue weighted by Crippen LogP contribution is -2.31. The maximum absolute atomic E-state index is 10.9. The molecule has 0 bridgehead atoms. The number of carbonyl (C=O) groups excluding carboxylic acids is 1. The molecule has 1 N–H and O–H groups in total. The monoisotopic (exact) mass is 271 g/mol. The molecule has 0 radical (unpaired) electrons. The van der Waals surface area contributed by atoms with Crippen LogP contribution in [0, 0.1) is 0 Å². The number of rotatable bonds is 6. The summed E-state index contributed by atoms with van der Waals surface area (Å²) in [5, 5.41) is 2.99. The summed E-state index contributed by atoms with van der Waals surface area (Å²) in [6.45, 7) is 1.13. The van der Waals surface area contributed by atoms with E-state index in [4.69, 9.17) is 0 Å². The number of alkyl halides is 1. The number of hydrogen-bond acceptors (Lipinski definition) is 4. The second kappa shape index (κ2) is 7.46. The number of nitrogens with one attached hydrogen (secondary N) is 1. The first-order valence-electron chi connectivity index (χ1n) is 3.80. The Labute approximate surface area is 89.0 Å². The van der Waals surface area contributed by atoms with Gasteiger partial charge in [0.2, 0.25) is 0 Å². The average Bonchev–Trinajstić information content (AvgIpc) is 2.10. The number of carbonyl (C=O) groups is 1. The van der Waals surface area contributed by atoms with E-state index in [1.807, 2.05) is 0 Å². The van der Waals surface area contributed by atoms with E-state index in [-0.39, 0.29) is 10.8 Å². The lowest BCUT2D eigenvalue weighted by atomic mass is 10.4. The molecule has 0 rings (SSSR count). The molecule has 13 heavy (non-hydrogen) atoms. The Morgan fingerprint density at radius 3 is 2.77 bits per heavy atom. The Hall–Kier alpha value is 0.0600. The highest BCUT2D eigenvalue weighted by Crippen LogP contribution is 1.99. The summed E-state index contributed by atoms with van der Waals surface area (Å²) in [6.07, 6.45) is 1.65. The van der Waals surface area contributed by atoms with Gasteiger partial charge in [-0.3, -0.25) is 9.00 Å². The van der Waals surface area contributed by atoms with E-state index in [0.29, 0.717) is 18.8 Å². The number of esters is 1. The molecule has 78 valence electrons. The van der Waals surface area contributed by atoms with Gasteiger partial charge in [0.25, 0.3) is 0 Å². The smallest absolute Gasteiger partial charge is 0.320 e. The summed E-state index contributed by atoms with van der Waals surface area (Å²) in [6, 6.07) is 0. The Morgan fingerprint density at radius 2 is 2.31 bits per heavy atom. The van der Waals surface area contributed by atoms with Crippen molar-refractivity contribution >= 4 is 32.7 Å². The molecular formula is C7H14BrNO3S. The highest BCUT2D eigenvalue weighted by molar-refractivity contribution is 9.10. The zero-order valence-corrected chi connectivity index (χ0v) is 10.1. The lowest BCUT2D eigenvalue weighted by Gasteiger charge is -2.07. The van der Waals surface area contributed by atoms with Gasteiger partial charge in [-0.2, -0.15) is 0 Å². The molecule has 0 aliphatic rings. The predicted octanol–water partition coefficient (Wildman–Crippen LogP) is -0.109. The molecule has 0 aromatic heterocycles. The maximum Gasteiger partial charge on any atom is 0.320 e. The normalized spacial score (nSPS) is 15.0.